The average Bonchev–Trinajstić information content (AvgIpc) is 3.43. The number of carbonyl (C=O) groups excluding carboxylic acids is 1. The molecule has 3 aromatic rings. The summed E-state index contributed by atoms with van der Waals surface area (Å²) in [7, 11) is 0. The number of amides is 1. The minimum absolute atomic E-state index is 0.0970. The molecule has 0 unspecified atom stereocenters. The molecule has 4 heterocycles. The average molecular weight is 371 g/mol. The van der Waals surface area contributed by atoms with E-state index in [0.29, 0.717) is 5.92 Å². The lowest BCUT2D eigenvalue weighted by Gasteiger charge is -2.33. The highest BCUT2D eigenvalue weighted by atomic mass is 32.1. The third-order valence-electron chi connectivity index (χ3n) is 4.93. The largest absolute Gasteiger partial charge is 0.341 e. The molecule has 4 rings (SSSR count). The Balaban J connectivity index is 1.38. The van der Waals surface area contributed by atoms with Gasteiger partial charge in [-0.25, -0.2) is 19.6 Å². The van der Waals surface area contributed by atoms with Crippen molar-refractivity contribution in [3.05, 3.63) is 47.5 Å². The Labute approximate surface area is 155 Å². The highest BCUT2D eigenvalue weighted by molar-refractivity contribution is 7.07. The molecule has 0 N–H and O–H groups in total. The first kappa shape index (κ1) is 16.9. The van der Waals surface area contributed by atoms with Crippen molar-refractivity contribution in [1.82, 2.24) is 34.2 Å². The smallest absolute Gasteiger partial charge is 0.247 e. The number of imidazole rings is 1. The molecule has 26 heavy (non-hydrogen) atoms. The van der Waals surface area contributed by atoms with E-state index in [0.717, 1.165) is 44.0 Å². The van der Waals surface area contributed by atoms with Gasteiger partial charge in [0, 0.05) is 36.8 Å². The zero-order valence-corrected chi connectivity index (χ0v) is 15.4. The monoisotopic (exact) mass is 371 g/mol. The summed E-state index contributed by atoms with van der Waals surface area (Å²) in [6.45, 7) is 4.10. The standard InChI is InChI=1S/C17H21N7OS/c1-13(24-11-18-10-21-24)17(25)22-5-2-14(3-6-22)16-19-4-7-23(16)8-15-9-26-12-20-15/h4,7,9-14H,2-3,5-6,8H2,1H3/t13-/m1/s1. The number of carbonyl (C=O) groups is 1. The third-order valence-corrected chi connectivity index (χ3v) is 5.56. The van der Waals surface area contributed by atoms with E-state index < -0.39 is 0 Å². The maximum Gasteiger partial charge on any atom is 0.247 e. The zero-order chi connectivity index (χ0) is 17.9. The first-order valence-electron chi connectivity index (χ1n) is 8.73. The van der Waals surface area contributed by atoms with Gasteiger partial charge in [-0.05, 0) is 19.8 Å². The number of hydrogen-bond acceptors (Lipinski definition) is 6. The molecule has 8 nitrogen and oxygen atoms in total. The van der Waals surface area contributed by atoms with Crippen molar-refractivity contribution < 1.29 is 4.79 Å². The summed E-state index contributed by atoms with van der Waals surface area (Å²) in [6.07, 6.45) is 8.75. The molecule has 1 atom stereocenters. The number of thiazole rings is 1. The van der Waals surface area contributed by atoms with Crippen molar-refractivity contribution in [1.29, 1.82) is 0 Å². The zero-order valence-electron chi connectivity index (χ0n) is 14.6. The van der Waals surface area contributed by atoms with E-state index in [9.17, 15) is 4.79 Å². The Bertz CT molecular complexity index is 834. The van der Waals surface area contributed by atoms with Crippen LogP contribution in [-0.4, -0.2) is 53.2 Å². The van der Waals surface area contributed by atoms with Crippen molar-refractivity contribution in [2.45, 2.75) is 38.3 Å². The van der Waals surface area contributed by atoms with Gasteiger partial charge in [-0.15, -0.1) is 11.3 Å². The molecule has 3 aromatic heterocycles. The Morgan fingerprint density at radius 3 is 2.88 bits per heavy atom. The van der Waals surface area contributed by atoms with Crippen LogP contribution in [0.1, 0.15) is 43.2 Å². The number of piperidine rings is 1. The summed E-state index contributed by atoms with van der Waals surface area (Å²) >= 11 is 1.61. The van der Waals surface area contributed by atoms with Gasteiger partial charge in [0.15, 0.2) is 0 Å². The molecule has 9 heteroatoms. The highest BCUT2D eigenvalue weighted by Crippen LogP contribution is 2.28. The van der Waals surface area contributed by atoms with E-state index in [2.05, 4.69) is 30.0 Å². The van der Waals surface area contributed by atoms with Gasteiger partial charge < -0.3 is 9.47 Å². The summed E-state index contributed by atoms with van der Waals surface area (Å²) in [5.74, 6) is 1.56. The normalized spacial score (nSPS) is 16.7. The second-order valence-corrected chi connectivity index (χ2v) is 7.26. The van der Waals surface area contributed by atoms with Crippen LogP contribution in [0, 0.1) is 0 Å². The van der Waals surface area contributed by atoms with Gasteiger partial charge in [0.1, 0.15) is 24.5 Å². The maximum atomic E-state index is 12.7. The summed E-state index contributed by atoms with van der Waals surface area (Å²) < 4.78 is 3.78. The van der Waals surface area contributed by atoms with E-state index in [1.54, 1.807) is 22.3 Å². The minimum Gasteiger partial charge on any atom is -0.341 e. The Morgan fingerprint density at radius 1 is 1.35 bits per heavy atom. The van der Waals surface area contributed by atoms with E-state index in [1.165, 1.54) is 6.33 Å². The predicted octanol–water partition coefficient (Wildman–Crippen LogP) is 1.95. The predicted molar refractivity (Wildman–Crippen MR) is 96.7 cm³/mol. The van der Waals surface area contributed by atoms with Gasteiger partial charge in [-0.3, -0.25) is 4.79 Å². The van der Waals surface area contributed by atoms with Gasteiger partial charge in [0.05, 0.1) is 17.7 Å². The van der Waals surface area contributed by atoms with Crippen LogP contribution < -0.4 is 0 Å². The van der Waals surface area contributed by atoms with Gasteiger partial charge in [-0.1, -0.05) is 0 Å². The van der Waals surface area contributed by atoms with Crippen LogP contribution in [-0.2, 0) is 11.3 Å². The van der Waals surface area contributed by atoms with E-state index in [-0.39, 0.29) is 11.9 Å². The van der Waals surface area contributed by atoms with Crippen molar-refractivity contribution in [3.63, 3.8) is 0 Å². The van der Waals surface area contributed by atoms with Crippen molar-refractivity contribution in [3.8, 4) is 0 Å². The van der Waals surface area contributed by atoms with Crippen LogP contribution in [0.15, 0.2) is 35.9 Å². The molecular formula is C17H21N7OS. The lowest BCUT2D eigenvalue weighted by Crippen LogP contribution is -2.41. The molecular weight excluding hydrogens is 350 g/mol. The van der Waals surface area contributed by atoms with Crippen LogP contribution in [0.25, 0.3) is 0 Å². The molecule has 0 spiro atoms. The lowest BCUT2D eigenvalue weighted by atomic mass is 9.95. The SMILES string of the molecule is C[C@H](C(=O)N1CCC(c2nccn2Cc2cscn2)CC1)n1cncn1. The van der Waals surface area contributed by atoms with E-state index in [1.807, 2.05) is 29.7 Å². The molecule has 0 saturated carbocycles. The topological polar surface area (TPSA) is 81.7 Å². The molecule has 1 aliphatic rings. The Kier molecular flexibility index (Phi) is 4.79. The quantitative estimate of drug-likeness (QED) is 0.685. The number of rotatable bonds is 5. The van der Waals surface area contributed by atoms with Gasteiger partial charge in [0.2, 0.25) is 5.91 Å². The molecule has 0 aliphatic carbocycles. The fraction of sp³-hybridized carbons (Fsp3) is 0.471. The fourth-order valence-corrected chi connectivity index (χ4v) is 4.01. The van der Waals surface area contributed by atoms with Crippen LogP contribution in [0.3, 0.4) is 0 Å². The van der Waals surface area contributed by atoms with Gasteiger partial charge in [-0.2, -0.15) is 5.10 Å². The molecule has 1 fully saturated rings. The number of likely N-dealkylation sites (tertiary alicyclic amines) is 1. The Morgan fingerprint density at radius 2 is 2.19 bits per heavy atom. The van der Waals surface area contributed by atoms with E-state index >= 15 is 0 Å². The van der Waals surface area contributed by atoms with Crippen molar-refractivity contribution in [2.75, 3.05) is 13.1 Å². The first-order valence-corrected chi connectivity index (χ1v) is 9.67. The van der Waals surface area contributed by atoms with Crippen LogP contribution in [0.2, 0.25) is 0 Å². The summed E-state index contributed by atoms with van der Waals surface area (Å²) in [4.78, 5) is 27.5. The van der Waals surface area contributed by atoms with Gasteiger partial charge >= 0.3 is 0 Å². The molecule has 0 bridgehead atoms. The molecule has 0 aromatic carbocycles. The van der Waals surface area contributed by atoms with Crippen LogP contribution in [0.5, 0.6) is 0 Å². The molecule has 1 saturated heterocycles. The second kappa shape index (κ2) is 7.36. The van der Waals surface area contributed by atoms with Crippen LogP contribution >= 0.6 is 11.3 Å². The summed E-state index contributed by atoms with van der Waals surface area (Å²) in [6, 6.07) is -0.319. The fourth-order valence-electron chi connectivity index (χ4n) is 3.46. The first-order chi connectivity index (χ1) is 12.7. The number of hydrogen-bond donors (Lipinski definition) is 0. The van der Waals surface area contributed by atoms with Crippen molar-refractivity contribution >= 4 is 17.2 Å². The van der Waals surface area contributed by atoms with Crippen LogP contribution in [0.4, 0.5) is 0 Å². The van der Waals surface area contributed by atoms with Crippen molar-refractivity contribution in [2.24, 2.45) is 0 Å². The third kappa shape index (κ3) is 3.39. The molecule has 1 amide bonds. The molecule has 136 valence electrons. The summed E-state index contributed by atoms with van der Waals surface area (Å²) in [5.41, 5.74) is 2.91. The van der Waals surface area contributed by atoms with E-state index in [4.69, 9.17) is 0 Å². The number of aromatic nitrogens is 6. The minimum atomic E-state index is -0.319. The molecule has 1 aliphatic heterocycles. The second-order valence-electron chi connectivity index (χ2n) is 6.54. The summed E-state index contributed by atoms with van der Waals surface area (Å²) in [5, 5.41) is 6.14. The highest BCUT2D eigenvalue weighted by Gasteiger charge is 2.29. The Hall–Kier alpha value is -2.55. The van der Waals surface area contributed by atoms with Gasteiger partial charge in [0.25, 0.3) is 0 Å². The molecule has 0 radical (unpaired) electrons. The lowest BCUT2D eigenvalue weighted by molar-refractivity contribution is -0.135. The maximum absolute atomic E-state index is 12.7. The number of nitrogens with zero attached hydrogens (tertiary/aromatic N) is 7.